The number of fused-ring (bicyclic) bond motifs is 2. The van der Waals surface area contributed by atoms with Gasteiger partial charge in [-0.05, 0) is 65.8 Å². The van der Waals surface area contributed by atoms with Gasteiger partial charge in [0.2, 0.25) is 0 Å². The number of aliphatic hydroxyl groups is 1. The van der Waals surface area contributed by atoms with E-state index in [-0.39, 0.29) is 18.3 Å². The van der Waals surface area contributed by atoms with E-state index in [1.165, 1.54) is 17.2 Å². The SMILES string of the molecule is COc1ccc2c(c1)CCc1cc(F)ccc1C2CCO. The van der Waals surface area contributed by atoms with Crippen LogP contribution in [0.5, 0.6) is 5.75 Å². The smallest absolute Gasteiger partial charge is 0.123 e. The van der Waals surface area contributed by atoms with Crippen molar-refractivity contribution in [3.05, 3.63) is 64.5 Å². The van der Waals surface area contributed by atoms with Crippen molar-refractivity contribution in [2.75, 3.05) is 13.7 Å². The largest absolute Gasteiger partial charge is 0.497 e. The third-order valence-electron chi connectivity index (χ3n) is 4.29. The molecular formula is C18H19FO2. The summed E-state index contributed by atoms with van der Waals surface area (Å²) >= 11 is 0. The van der Waals surface area contributed by atoms with Crippen LogP contribution in [0.3, 0.4) is 0 Å². The summed E-state index contributed by atoms with van der Waals surface area (Å²) < 4.78 is 18.8. The van der Waals surface area contributed by atoms with Crippen LogP contribution in [0, 0.1) is 5.82 Å². The average molecular weight is 286 g/mol. The molecule has 1 aliphatic rings. The number of ether oxygens (including phenoxy) is 1. The molecule has 0 fully saturated rings. The molecule has 0 radical (unpaired) electrons. The normalized spacial score (nSPS) is 16.8. The van der Waals surface area contributed by atoms with Gasteiger partial charge in [0.05, 0.1) is 7.11 Å². The van der Waals surface area contributed by atoms with E-state index < -0.39 is 0 Å². The molecule has 2 nitrogen and oxygen atoms in total. The van der Waals surface area contributed by atoms with E-state index >= 15 is 0 Å². The zero-order valence-electron chi connectivity index (χ0n) is 12.1. The summed E-state index contributed by atoms with van der Waals surface area (Å²) in [6.45, 7) is 0.118. The van der Waals surface area contributed by atoms with E-state index in [9.17, 15) is 9.50 Å². The van der Waals surface area contributed by atoms with Crippen LogP contribution in [0.1, 0.15) is 34.6 Å². The fourth-order valence-electron chi connectivity index (χ4n) is 3.27. The van der Waals surface area contributed by atoms with Gasteiger partial charge in [-0.3, -0.25) is 0 Å². The molecule has 1 N–H and O–H groups in total. The molecular weight excluding hydrogens is 267 g/mol. The van der Waals surface area contributed by atoms with E-state index in [1.54, 1.807) is 13.2 Å². The number of aliphatic hydroxyl groups excluding tert-OH is 1. The summed E-state index contributed by atoms with van der Waals surface area (Å²) in [7, 11) is 1.66. The predicted octanol–water partition coefficient (Wildman–Crippen LogP) is 3.45. The Morgan fingerprint density at radius 2 is 1.76 bits per heavy atom. The minimum absolute atomic E-state index is 0.118. The first-order chi connectivity index (χ1) is 10.2. The topological polar surface area (TPSA) is 29.5 Å². The fourth-order valence-corrected chi connectivity index (χ4v) is 3.27. The molecule has 0 saturated carbocycles. The molecule has 110 valence electrons. The third kappa shape index (κ3) is 2.66. The first kappa shape index (κ1) is 14.1. The Labute approximate surface area is 124 Å². The van der Waals surface area contributed by atoms with Crippen molar-refractivity contribution >= 4 is 0 Å². The fraction of sp³-hybridized carbons (Fsp3) is 0.333. The molecule has 0 spiro atoms. The van der Waals surface area contributed by atoms with Crippen molar-refractivity contribution in [1.29, 1.82) is 0 Å². The number of hydrogen-bond donors (Lipinski definition) is 1. The number of methoxy groups -OCH3 is 1. The number of hydrogen-bond acceptors (Lipinski definition) is 2. The number of benzene rings is 2. The summed E-state index contributed by atoms with van der Waals surface area (Å²) in [4.78, 5) is 0. The van der Waals surface area contributed by atoms with Crippen LogP contribution >= 0.6 is 0 Å². The van der Waals surface area contributed by atoms with Gasteiger partial charge in [0.25, 0.3) is 0 Å². The van der Waals surface area contributed by atoms with E-state index in [0.717, 1.165) is 29.7 Å². The van der Waals surface area contributed by atoms with Gasteiger partial charge in [0.15, 0.2) is 0 Å². The molecule has 0 aromatic heterocycles. The first-order valence-corrected chi connectivity index (χ1v) is 7.29. The van der Waals surface area contributed by atoms with Gasteiger partial charge < -0.3 is 9.84 Å². The van der Waals surface area contributed by atoms with Gasteiger partial charge >= 0.3 is 0 Å². The zero-order valence-corrected chi connectivity index (χ0v) is 12.1. The second-order valence-electron chi connectivity index (χ2n) is 5.47. The molecule has 2 aromatic carbocycles. The lowest BCUT2D eigenvalue weighted by Gasteiger charge is -2.20. The van der Waals surface area contributed by atoms with Crippen molar-refractivity contribution in [3.8, 4) is 5.75 Å². The lowest BCUT2D eigenvalue weighted by atomic mass is 9.86. The summed E-state index contributed by atoms with van der Waals surface area (Å²) in [6, 6.07) is 11.1. The highest BCUT2D eigenvalue weighted by atomic mass is 19.1. The Bertz CT molecular complexity index is 652. The Morgan fingerprint density at radius 1 is 1.10 bits per heavy atom. The number of aryl methyl sites for hydroxylation is 2. The van der Waals surface area contributed by atoms with Gasteiger partial charge in [-0.15, -0.1) is 0 Å². The molecule has 3 rings (SSSR count). The van der Waals surface area contributed by atoms with Crippen LogP contribution in [0.25, 0.3) is 0 Å². The number of halogens is 1. The summed E-state index contributed by atoms with van der Waals surface area (Å²) in [5.74, 6) is 0.766. The average Bonchev–Trinajstić information content (AvgIpc) is 2.64. The Hall–Kier alpha value is -1.87. The molecule has 2 aromatic rings. The highest BCUT2D eigenvalue weighted by Gasteiger charge is 2.23. The van der Waals surface area contributed by atoms with Crippen LogP contribution in [0.4, 0.5) is 4.39 Å². The maximum absolute atomic E-state index is 13.5. The van der Waals surface area contributed by atoms with Crippen molar-refractivity contribution < 1.29 is 14.2 Å². The highest BCUT2D eigenvalue weighted by Crippen LogP contribution is 2.37. The summed E-state index contributed by atoms with van der Waals surface area (Å²) in [5, 5.41) is 9.42. The van der Waals surface area contributed by atoms with Crippen LogP contribution in [-0.2, 0) is 12.8 Å². The molecule has 21 heavy (non-hydrogen) atoms. The Morgan fingerprint density at radius 3 is 2.43 bits per heavy atom. The minimum Gasteiger partial charge on any atom is -0.497 e. The molecule has 0 heterocycles. The molecule has 1 aliphatic carbocycles. The lowest BCUT2D eigenvalue weighted by Crippen LogP contribution is -2.06. The molecule has 0 aliphatic heterocycles. The van der Waals surface area contributed by atoms with Crippen molar-refractivity contribution in [2.24, 2.45) is 0 Å². The van der Waals surface area contributed by atoms with Crippen molar-refractivity contribution in [3.63, 3.8) is 0 Å². The maximum Gasteiger partial charge on any atom is 0.123 e. The second kappa shape index (κ2) is 5.86. The third-order valence-corrected chi connectivity index (χ3v) is 4.29. The van der Waals surface area contributed by atoms with Crippen molar-refractivity contribution in [1.82, 2.24) is 0 Å². The van der Waals surface area contributed by atoms with Gasteiger partial charge in [-0.25, -0.2) is 4.39 Å². The van der Waals surface area contributed by atoms with E-state index in [4.69, 9.17) is 4.74 Å². The van der Waals surface area contributed by atoms with Gasteiger partial charge in [0, 0.05) is 12.5 Å². The molecule has 0 saturated heterocycles. The maximum atomic E-state index is 13.5. The number of rotatable bonds is 3. The van der Waals surface area contributed by atoms with Crippen LogP contribution in [0.15, 0.2) is 36.4 Å². The van der Waals surface area contributed by atoms with Gasteiger partial charge in [-0.2, -0.15) is 0 Å². The quantitative estimate of drug-likeness (QED) is 0.936. The summed E-state index contributed by atoms with van der Waals surface area (Å²) in [5.41, 5.74) is 4.62. The monoisotopic (exact) mass is 286 g/mol. The molecule has 0 bridgehead atoms. The summed E-state index contributed by atoms with van der Waals surface area (Å²) in [6.07, 6.45) is 2.33. The van der Waals surface area contributed by atoms with Gasteiger partial charge in [-0.1, -0.05) is 12.1 Å². The lowest BCUT2D eigenvalue weighted by molar-refractivity contribution is 0.281. The van der Waals surface area contributed by atoms with E-state index in [0.29, 0.717) is 6.42 Å². The highest BCUT2D eigenvalue weighted by molar-refractivity contribution is 5.47. The van der Waals surface area contributed by atoms with E-state index in [1.807, 2.05) is 12.1 Å². The van der Waals surface area contributed by atoms with Crippen LogP contribution < -0.4 is 4.74 Å². The van der Waals surface area contributed by atoms with Crippen LogP contribution in [-0.4, -0.2) is 18.8 Å². The van der Waals surface area contributed by atoms with Gasteiger partial charge in [0.1, 0.15) is 11.6 Å². The minimum atomic E-state index is -0.194. The molecule has 1 atom stereocenters. The zero-order chi connectivity index (χ0) is 14.8. The first-order valence-electron chi connectivity index (χ1n) is 7.29. The molecule has 3 heteroatoms. The molecule has 1 unspecified atom stereocenters. The van der Waals surface area contributed by atoms with E-state index in [2.05, 4.69) is 12.1 Å². The predicted molar refractivity (Wildman–Crippen MR) is 80.3 cm³/mol. The molecule has 0 amide bonds. The van der Waals surface area contributed by atoms with Crippen molar-refractivity contribution in [2.45, 2.75) is 25.2 Å². The Balaban J connectivity index is 2.12. The Kier molecular flexibility index (Phi) is 3.93. The van der Waals surface area contributed by atoms with Crippen LogP contribution in [0.2, 0.25) is 0 Å². The second-order valence-corrected chi connectivity index (χ2v) is 5.47. The standard InChI is InChI=1S/C18H19FO2/c1-21-15-5-7-17-13(11-15)3-2-12-10-14(19)4-6-16(12)18(17)8-9-20/h4-7,10-11,18,20H,2-3,8-9H2,1H3.